The maximum Gasteiger partial charge on any atom is 0.225 e. The first-order chi connectivity index (χ1) is 8.36. The Hall–Kier alpha value is -1.90. The smallest absolute Gasteiger partial charge is 0.225 e. The van der Waals surface area contributed by atoms with Crippen LogP contribution in [-0.2, 0) is 6.42 Å². The van der Waals surface area contributed by atoms with Gasteiger partial charge in [0.15, 0.2) is 0 Å². The predicted octanol–water partition coefficient (Wildman–Crippen LogP) is 2.60. The van der Waals surface area contributed by atoms with Crippen molar-refractivity contribution in [2.45, 2.75) is 19.4 Å². The Labute approximate surface area is 101 Å². The van der Waals surface area contributed by atoms with Crippen molar-refractivity contribution in [2.75, 3.05) is 11.4 Å². The van der Waals surface area contributed by atoms with Crippen molar-refractivity contribution in [1.29, 1.82) is 0 Å². The average molecular weight is 225 g/mol. The molecule has 0 N–H and O–H groups in total. The van der Waals surface area contributed by atoms with Crippen molar-refractivity contribution >= 4 is 5.95 Å². The third-order valence-corrected chi connectivity index (χ3v) is 3.40. The maximum atomic E-state index is 4.34. The van der Waals surface area contributed by atoms with Crippen LogP contribution in [-0.4, -0.2) is 16.5 Å². The summed E-state index contributed by atoms with van der Waals surface area (Å²) >= 11 is 0. The molecule has 0 bridgehead atoms. The second kappa shape index (κ2) is 4.17. The van der Waals surface area contributed by atoms with Gasteiger partial charge in [-0.1, -0.05) is 24.3 Å². The molecule has 3 rings (SSSR count). The van der Waals surface area contributed by atoms with Crippen molar-refractivity contribution in [3.63, 3.8) is 0 Å². The van der Waals surface area contributed by atoms with Crippen LogP contribution in [0.2, 0.25) is 0 Å². The van der Waals surface area contributed by atoms with Crippen LogP contribution in [0.5, 0.6) is 0 Å². The SMILES string of the molecule is CC1c2ccccc2CCN1c1ncccn1. The molecule has 0 saturated heterocycles. The zero-order valence-electron chi connectivity index (χ0n) is 9.87. The summed E-state index contributed by atoms with van der Waals surface area (Å²) in [6.45, 7) is 3.20. The molecule has 0 spiro atoms. The molecule has 0 aliphatic carbocycles. The molecule has 0 radical (unpaired) electrons. The third-order valence-electron chi connectivity index (χ3n) is 3.40. The molecule has 1 aromatic carbocycles. The minimum absolute atomic E-state index is 0.349. The lowest BCUT2D eigenvalue weighted by molar-refractivity contribution is 0.608. The molecule has 0 amide bonds. The average Bonchev–Trinajstić information content (AvgIpc) is 2.40. The molecular weight excluding hydrogens is 210 g/mol. The normalized spacial score (nSPS) is 18.9. The van der Waals surface area contributed by atoms with E-state index in [1.807, 2.05) is 6.07 Å². The van der Waals surface area contributed by atoms with Gasteiger partial charge in [-0.2, -0.15) is 0 Å². The van der Waals surface area contributed by atoms with Gasteiger partial charge in [-0.3, -0.25) is 0 Å². The summed E-state index contributed by atoms with van der Waals surface area (Å²) in [4.78, 5) is 10.9. The summed E-state index contributed by atoms with van der Waals surface area (Å²) in [5.41, 5.74) is 2.85. The topological polar surface area (TPSA) is 29.0 Å². The van der Waals surface area contributed by atoms with Crippen LogP contribution in [0.15, 0.2) is 42.7 Å². The number of rotatable bonds is 1. The van der Waals surface area contributed by atoms with Crippen LogP contribution in [0.4, 0.5) is 5.95 Å². The summed E-state index contributed by atoms with van der Waals surface area (Å²) < 4.78 is 0. The standard InChI is InChI=1S/C14H15N3/c1-11-13-6-3-2-5-12(13)7-10-17(11)14-15-8-4-9-16-14/h2-6,8-9,11H,7,10H2,1H3. The highest BCUT2D eigenvalue weighted by Crippen LogP contribution is 2.30. The molecule has 1 atom stereocenters. The van der Waals surface area contributed by atoms with Crippen molar-refractivity contribution in [2.24, 2.45) is 0 Å². The molecule has 1 aliphatic rings. The highest BCUT2D eigenvalue weighted by atomic mass is 15.3. The predicted molar refractivity (Wildman–Crippen MR) is 67.9 cm³/mol. The number of anilines is 1. The van der Waals surface area contributed by atoms with E-state index in [-0.39, 0.29) is 0 Å². The van der Waals surface area contributed by atoms with Gasteiger partial charge in [0, 0.05) is 18.9 Å². The van der Waals surface area contributed by atoms with E-state index in [1.54, 1.807) is 12.4 Å². The van der Waals surface area contributed by atoms with Crippen molar-refractivity contribution < 1.29 is 0 Å². The van der Waals surface area contributed by atoms with Crippen LogP contribution < -0.4 is 4.90 Å². The van der Waals surface area contributed by atoms with Gasteiger partial charge in [0.05, 0.1) is 6.04 Å². The molecule has 0 saturated carbocycles. The van der Waals surface area contributed by atoms with Gasteiger partial charge in [0.25, 0.3) is 0 Å². The second-order valence-corrected chi connectivity index (χ2v) is 4.37. The van der Waals surface area contributed by atoms with E-state index in [0.717, 1.165) is 18.9 Å². The van der Waals surface area contributed by atoms with Gasteiger partial charge in [0.1, 0.15) is 0 Å². The highest BCUT2D eigenvalue weighted by Gasteiger charge is 2.24. The summed E-state index contributed by atoms with van der Waals surface area (Å²) in [5.74, 6) is 0.828. The van der Waals surface area contributed by atoms with E-state index in [4.69, 9.17) is 0 Å². The molecule has 1 unspecified atom stereocenters. The Morgan fingerprint density at radius 2 is 1.88 bits per heavy atom. The van der Waals surface area contributed by atoms with Crippen LogP contribution in [0.1, 0.15) is 24.1 Å². The van der Waals surface area contributed by atoms with E-state index < -0.39 is 0 Å². The molecule has 2 aromatic rings. The molecule has 3 nitrogen and oxygen atoms in total. The Kier molecular flexibility index (Phi) is 2.52. The lowest BCUT2D eigenvalue weighted by atomic mass is 9.94. The van der Waals surface area contributed by atoms with E-state index in [1.165, 1.54) is 11.1 Å². The van der Waals surface area contributed by atoms with Crippen molar-refractivity contribution in [3.05, 3.63) is 53.9 Å². The summed E-state index contributed by atoms with van der Waals surface area (Å²) in [7, 11) is 0. The first-order valence-corrected chi connectivity index (χ1v) is 5.98. The summed E-state index contributed by atoms with van der Waals surface area (Å²) in [6.07, 6.45) is 4.67. The third kappa shape index (κ3) is 1.78. The lowest BCUT2D eigenvalue weighted by Gasteiger charge is -2.35. The van der Waals surface area contributed by atoms with Gasteiger partial charge in [-0.15, -0.1) is 0 Å². The van der Waals surface area contributed by atoms with Gasteiger partial charge < -0.3 is 4.90 Å². The van der Waals surface area contributed by atoms with Crippen LogP contribution >= 0.6 is 0 Å². The van der Waals surface area contributed by atoms with Gasteiger partial charge in [-0.05, 0) is 30.5 Å². The molecular formula is C14H15N3. The van der Waals surface area contributed by atoms with Gasteiger partial charge in [-0.25, -0.2) is 9.97 Å². The fraction of sp³-hybridized carbons (Fsp3) is 0.286. The Balaban J connectivity index is 1.97. The van der Waals surface area contributed by atoms with Crippen molar-refractivity contribution in [1.82, 2.24) is 9.97 Å². The minimum Gasteiger partial charge on any atom is -0.334 e. The number of fused-ring (bicyclic) bond motifs is 1. The first-order valence-electron chi connectivity index (χ1n) is 5.98. The maximum absolute atomic E-state index is 4.34. The number of aromatic nitrogens is 2. The molecule has 0 fully saturated rings. The van der Waals surface area contributed by atoms with E-state index in [2.05, 4.69) is 46.1 Å². The minimum atomic E-state index is 0.349. The van der Waals surface area contributed by atoms with Crippen molar-refractivity contribution in [3.8, 4) is 0 Å². The van der Waals surface area contributed by atoms with Gasteiger partial charge >= 0.3 is 0 Å². The quantitative estimate of drug-likeness (QED) is 0.747. The Bertz CT molecular complexity index is 510. The molecule has 3 heteroatoms. The monoisotopic (exact) mass is 225 g/mol. The number of hydrogen-bond acceptors (Lipinski definition) is 3. The van der Waals surface area contributed by atoms with E-state index in [9.17, 15) is 0 Å². The highest BCUT2D eigenvalue weighted by molar-refractivity contribution is 5.42. The van der Waals surface area contributed by atoms with Crippen LogP contribution in [0, 0.1) is 0 Å². The lowest BCUT2D eigenvalue weighted by Crippen LogP contribution is -2.35. The zero-order valence-corrected chi connectivity index (χ0v) is 9.87. The molecule has 17 heavy (non-hydrogen) atoms. The van der Waals surface area contributed by atoms with Gasteiger partial charge in [0.2, 0.25) is 5.95 Å². The second-order valence-electron chi connectivity index (χ2n) is 4.37. The fourth-order valence-electron chi connectivity index (χ4n) is 2.48. The molecule has 1 aliphatic heterocycles. The Morgan fingerprint density at radius 3 is 2.71 bits per heavy atom. The fourth-order valence-corrected chi connectivity index (χ4v) is 2.48. The number of benzene rings is 1. The zero-order chi connectivity index (χ0) is 11.7. The van der Waals surface area contributed by atoms with Crippen LogP contribution in [0.3, 0.4) is 0 Å². The summed E-state index contributed by atoms with van der Waals surface area (Å²) in [6, 6.07) is 10.8. The summed E-state index contributed by atoms with van der Waals surface area (Å²) in [5, 5.41) is 0. The number of nitrogens with zero attached hydrogens (tertiary/aromatic N) is 3. The van der Waals surface area contributed by atoms with E-state index >= 15 is 0 Å². The largest absolute Gasteiger partial charge is 0.334 e. The Morgan fingerprint density at radius 1 is 1.12 bits per heavy atom. The molecule has 1 aromatic heterocycles. The molecule has 86 valence electrons. The van der Waals surface area contributed by atoms with E-state index in [0.29, 0.717) is 6.04 Å². The molecule has 2 heterocycles. The van der Waals surface area contributed by atoms with Crippen LogP contribution in [0.25, 0.3) is 0 Å². The first kappa shape index (κ1) is 10.3. The number of hydrogen-bond donors (Lipinski definition) is 0.